The topological polar surface area (TPSA) is 35.3 Å². The number of para-hydroxylation sites is 1. The first-order chi connectivity index (χ1) is 6.31. The van der Waals surface area contributed by atoms with Crippen LogP contribution in [0.1, 0.15) is 12.5 Å². The third-order valence-electron chi connectivity index (χ3n) is 1.87. The Morgan fingerprint density at radius 2 is 2.31 bits per heavy atom. The molecular formula is C10H11NO2. The zero-order chi connectivity index (χ0) is 9.26. The summed E-state index contributed by atoms with van der Waals surface area (Å²) in [5.41, 5.74) is 2.77. The number of benzene rings is 1. The van der Waals surface area contributed by atoms with Gasteiger partial charge in [-0.05, 0) is 25.5 Å². The van der Waals surface area contributed by atoms with Crippen molar-refractivity contribution < 1.29 is 9.15 Å². The summed E-state index contributed by atoms with van der Waals surface area (Å²) in [4.78, 5) is 4.21. The molecule has 68 valence electrons. The Hall–Kier alpha value is -1.51. The summed E-state index contributed by atoms with van der Waals surface area (Å²) in [5.74, 6) is 0. The molecule has 0 aliphatic rings. The Morgan fingerprint density at radius 3 is 3.00 bits per heavy atom. The van der Waals surface area contributed by atoms with Crippen LogP contribution in [0.5, 0.6) is 6.08 Å². The van der Waals surface area contributed by atoms with Gasteiger partial charge in [0.25, 0.3) is 0 Å². The van der Waals surface area contributed by atoms with Gasteiger partial charge >= 0.3 is 6.08 Å². The molecule has 1 heterocycles. The Morgan fingerprint density at radius 1 is 1.46 bits per heavy atom. The molecule has 0 saturated carbocycles. The second kappa shape index (κ2) is 3.09. The lowest BCUT2D eigenvalue weighted by atomic mass is 10.2. The van der Waals surface area contributed by atoms with Gasteiger partial charge in [0, 0.05) is 0 Å². The zero-order valence-electron chi connectivity index (χ0n) is 7.70. The molecule has 0 N–H and O–H groups in total. The van der Waals surface area contributed by atoms with Crippen LogP contribution in [0.2, 0.25) is 0 Å². The van der Waals surface area contributed by atoms with Gasteiger partial charge in [-0.1, -0.05) is 12.1 Å². The van der Waals surface area contributed by atoms with Crippen LogP contribution in [0.4, 0.5) is 0 Å². The van der Waals surface area contributed by atoms with Crippen molar-refractivity contribution in [2.24, 2.45) is 0 Å². The minimum atomic E-state index is 0.354. The first kappa shape index (κ1) is 8.10. The average molecular weight is 177 g/mol. The molecule has 0 bridgehead atoms. The maximum Gasteiger partial charge on any atom is 0.394 e. The van der Waals surface area contributed by atoms with Gasteiger partial charge < -0.3 is 9.15 Å². The normalized spacial score (nSPS) is 10.6. The van der Waals surface area contributed by atoms with E-state index in [1.807, 2.05) is 32.0 Å². The molecular weight excluding hydrogens is 166 g/mol. The molecule has 3 heteroatoms. The monoisotopic (exact) mass is 177 g/mol. The number of aromatic nitrogens is 1. The predicted molar refractivity (Wildman–Crippen MR) is 49.9 cm³/mol. The largest absolute Gasteiger partial charge is 0.450 e. The standard InChI is InChI=1S/C10H11NO2/c1-3-12-10-11-9-7(2)5-4-6-8(9)13-10/h4-6H,3H2,1-2H3. The minimum absolute atomic E-state index is 0.354. The highest BCUT2D eigenvalue weighted by Crippen LogP contribution is 2.22. The predicted octanol–water partition coefficient (Wildman–Crippen LogP) is 2.53. The highest BCUT2D eigenvalue weighted by Gasteiger charge is 2.06. The molecule has 0 atom stereocenters. The van der Waals surface area contributed by atoms with E-state index in [2.05, 4.69) is 4.98 Å². The third kappa shape index (κ3) is 1.37. The molecule has 13 heavy (non-hydrogen) atoms. The summed E-state index contributed by atoms with van der Waals surface area (Å²) in [6, 6.07) is 5.83. The van der Waals surface area contributed by atoms with Crippen LogP contribution in [0, 0.1) is 6.92 Å². The van der Waals surface area contributed by atoms with Crippen LogP contribution in [-0.2, 0) is 0 Å². The van der Waals surface area contributed by atoms with E-state index in [1.54, 1.807) is 0 Å². The molecule has 3 nitrogen and oxygen atoms in total. The van der Waals surface area contributed by atoms with Gasteiger partial charge in [-0.2, -0.15) is 4.98 Å². The molecule has 0 aliphatic heterocycles. The van der Waals surface area contributed by atoms with Crippen LogP contribution in [0.25, 0.3) is 11.1 Å². The summed E-state index contributed by atoms with van der Waals surface area (Å²) in [6.45, 7) is 4.48. The van der Waals surface area contributed by atoms with E-state index in [0.717, 1.165) is 16.7 Å². The van der Waals surface area contributed by atoms with Crippen LogP contribution in [0.15, 0.2) is 22.6 Å². The highest BCUT2D eigenvalue weighted by molar-refractivity contribution is 5.76. The number of aryl methyl sites for hydroxylation is 1. The van der Waals surface area contributed by atoms with Gasteiger partial charge in [0.05, 0.1) is 6.61 Å². The van der Waals surface area contributed by atoms with E-state index >= 15 is 0 Å². The van der Waals surface area contributed by atoms with Crippen molar-refractivity contribution in [2.45, 2.75) is 13.8 Å². The summed E-state index contributed by atoms with van der Waals surface area (Å²) in [5, 5.41) is 0. The van der Waals surface area contributed by atoms with Crippen molar-refractivity contribution in [3.05, 3.63) is 23.8 Å². The van der Waals surface area contributed by atoms with E-state index in [0.29, 0.717) is 12.7 Å². The lowest BCUT2D eigenvalue weighted by Gasteiger charge is -1.91. The molecule has 0 saturated heterocycles. The van der Waals surface area contributed by atoms with Crippen molar-refractivity contribution in [3.8, 4) is 6.08 Å². The van der Waals surface area contributed by atoms with Gasteiger partial charge in [-0.25, -0.2) is 0 Å². The maximum atomic E-state index is 5.36. The van der Waals surface area contributed by atoms with E-state index in [1.165, 1.54) is 0 Å². The molecule has 2 rings (SSSR count). The molecule has 0 unspecified atom stereocenters. The first-order valence-electron chi connectivity index (χ1n) is 4.30. The number of ether oxygens (including phenoxy) is 1. The fraction of sp³-hybridized carbons (Fsp3) is 0.300. The number of rotatable bonds is 2. The maximum absolute atomic E-state index is 5.36. The fourth-order valence-electron chi connectivity index (χ4n) is 1.25. The lowest BCUT2D eigenvalue weighted by molar-refractivity contribution is 0.251. The van der Waals surface area contributed by atoms with Crippen LogP contribution >= 0.6 is 0 Å². The highest BCUT2D eigenvalue weighted by atomic mass is 16.6. The van der Waals surface area contributed by atoms with Crippen molar-refractivity contribution in [1.82, 2.24) is 4.98 Å². The van der Waals surface area contributed by atoms with E-state index in [4.69, 9.17) is 9.15 Å². The summed E-state index contributed by atoms with van der Waals surface area (Å²) in [7, 11) is 0. The molecule has 1 aromatic heterocycles. The number of hydrogen-bond acceptors (Lipinski definition) is 3. The van der Waals surface area contributed by atoms with Gasteiger partial charge in [-0.3, -0.25) is 0 Å². The van der Waals surface area contributed by atoms with E-state index in [9.17, 15) is 0 Å². The van der Waals surface area contributed by atoms with Crippen molar-refractivity contribution in [1.29, 1.82) is 0 Å². The molecule has 2 aromatic rings. The van der Waals surface area contributed by atoms with Gasteiger partial charge in [-0.15, -0.1) is 0 Å². The second-order valence-electron chi connectivity index (χ2n) is 2.83. The summed E-state index contributed by atoms with van der Waals surface area (Å²) < 4.78 is 10.5. The Kier molecular flexibility index (Phi) is 1.93. The van der Waals surface area contributed by atoms with Gasteiger partial charge in [0.15, 0.2) is 5.58 Å². The molecule has 0 fully saturated rings. The van der Waals surface area contributed by atoms with Crippen molar-refractivity contribution in [3.63, 3.8) is 0 Å². The zero-order valence-corrected chi connectivity index (χ0v) is 7.70. The lowest BCUT2D eigenvalue weighted by Crippen LogP contribution is -1.90. The molecule has 1 aromatic carbocycles. The Bertz CT molecular complexity index is 420. The Labute approximate surface area is 76.3 Å². The summed E-state index contributed by atoms with van der Waals surface area (Å²) in [6.07, 6.45) is 0.354. The van der Waals surface area contributed by atoms with Gasteiger partial charge in [0.2, 0.25) is 0 Å². The number of nitrogens with zero attached hydrogens (tertiary/aromatic N) is 1. The number of fused-ring (bicyclic) bond motifs is 1. The van der Waals surface area contributed by atoms with Crippen molar-refractivity contribution >= 4 is 11.1 Å². The first-order valence-corrected chi connectivity index (χ1v) is 4.30. The average Bonchev–Trinajstić information content (AvgIpc) is 2.49. The fourth-order valence-corrected chi connectivity index (χ4v) is 1.25. The molecule has 0 aliphatic carbocycles. The molecule has 0 amide bonds. The van der Waals surface area contributed by atoms with Crippen molar-refractivity contribution in [2.75, 3.05) is 6.61 Å². The number of hydrogen-bond donors (Lipinski definition) is 0. The van der Waals surface area contributed by atoms with Crippen LogP contribution < -0.4 is 4.74 Å². The third-order valence-corrected chi connectivity index (χ3v) is 1.87. The van der Waals surface area contributed by atoms with E-state index < -0.39 is 0 Å². The van der Waals surface area contributed by atoms with Crippen LogP contribution in [-0.4, -0.2) is 11.6 Å². The quantitative estimate of drug-likeness (QED) is 0.707. The smallest absolute Gasteiger partial charge is 0.394 e. The summed E-state index contributed by atoms with van der Waals surface area (Å²) >= 11 is 0. The van der Waals surface area contributed by atoms with E-state index in [-0.39, 0.29) is 0 Å². The molecule has 0 radical (unpaired) electrons. The minimum Gasteiger partial charge on any atom is -0.450 e. The van der Waals surface area contributed by atoms with Crippen LogP contribution in [0.3, 0.4) is 0 Å². The SMILES string of the molecule is CCOc1nc2c(C)cccc2o1. The second-order valence-corrected chi connectivity index (χ2v) is 2.83. The van der Waals surface area contributed by atoms with Gasteiger partial charge in [0.1, 0.15) is 5.52 Å². The number of oxazole rings is 1. The molecule has 0 spiro atoms. The Balaban J connectivity index is 2.55.